The molecule has 0 aliphatic heterocycles. The number of furan rings is 1. The van der Waals surface area contributed by atoms with Crippen molar-refractivity contribution in [3.05, 3.63) is 46.0 Å². The van der Waals surface area contributed by atoms with Crippen LogP contribution in [0.4, 0.5) is 0 Å². The fourth-order valence-corrected chi connectivity index (χ4v) is 3.13. The SMILES string of the molecule is CCc1ccc(C(CN)N(Cc2cccs2)C(C)C)o1. The largest absolute Gasteiger partial charge is 0.464 e. The summed E-state index contributed by atoms with van der Waals surface area (Å²) in [5.41, 5.74) is 6.02. The maximum atomic E-state index is 6.02. The van der Waals surface area contributed by atoms with Gasteiger partial charge >= 0.3 is 0 Å². The van der Waals surface area contributed by atoms with Gasteiger partial charge in [-0.1, -0.05) is 13.0 Å². The van der Waals surface area contributed by atoms with Gasteiger partial charge in [0.15, 0.2) is 0 Å². The van der Waals surface area contributed by atoms with Crippen LogP contribution >= 0.6 is 11.3 Å². The van der Waals surface area contributed by atoms with Crippen LogP contribution in [-0.2, 0) is 13.0 Å². The van der Waals surface area contributed by atoms with Crippen molar-refractivity contribution in [2.75, 3.05) is 6.54 Å². The smallest absolute Gasteiger partial charge is 0.122 e. The van der Waals surface area contributed by atoms with Gasteiger partial charge in [-0.05, 0) is 37.4 Å². The lowest BCUT2D eigenvalue weighted by Gasteiger charge is -2.32. The van der Waals surface area contributed by atoms with E-state index < -0.39 is 0 Å². The van der Waals surface area contributed by atoms with Crippen molar-refractivity contribution < 1.29 is 4.42 Å². The lowest BCUT2D eigenvalue weighted by molar-refractivity contribution is 0.131. The lowest BCUT2D eigenvalue weighted by atomic mass is 10.1. The van der Waals surface area contributed by atoms with Gasteiger partial charge in [0.25, 0.3) is 0 Å². The third-order valence-electron chi connectivity index (χ3n) is 3.56. The van der Waals surface area contributed by atoms with Gasteiger partial charge in [0, 0.05) is 30.4 Å². The molecule has 0 spiro atoms. The van der Waals surface area contributed by atoms with E-state index in [1.54, 1.807) is 11.3 Å². The van der Waals surface area contributed by atoms with Gasteiger partial charge in [-0.25, -0.2) is 0 Å². The van der Waals surface area contributed by atoms with Gasteiger partial charge in [-0.2, -0.15) is 0 Å². The van der Waals surface area contributed by atoms with E-state index in [2.05, 4.69) is 55.3 Å². The van der Waals surface area contributed by atoms with E-state index in [1.165, 1.54) is 4.88 Å². The van der Waals surface area contributed by atoms with Crippen molar-refractivity contribution >= 4 is 11.3 Å². The van der Waals surface area contributed by atoms with Crippen LogP contribution in [-0.4, -0.2) is 17.5 Å². The number of thiophene rings is 1. The Morgan fingerprint density at radius 2 is 2.10 bits per heavy atom. The molecule has 0 fully saturated rings. The zero-order chi connectivity index (χ0) is 14.5. The topological polar surface area (TPSA) is 42.4 Å². The predicted molar refractivity (Wildman–Crippen MR) is 84.9 cm³/mol. The van der Waals surface area contributed by atoms with Crippen LogP contribution in [0.3, 0.4) is 0 Å². The van der Waals surface area contributed by atoms with Gasteiger partial charge in [-0.3, -0.25) is 4.90 Å². The summed E-state index contributed by atoms with van der Waals surface area (Å²) in [5, 5.41) is 2.12. The molecule has 2 aromatic heterocycles. The highest BCUT2D eigenvalue weighted by Crippen LogP contribution is 2.27. The van der Waals surface area contributed by atoms with Gasteiger partial charge < -0.3 is 10.2 Å². The fraction of sp³-hybridized carbons (Fsp3) is 0.500. The molecule has 0 radical (unpaired) electrons. The first-order chi connectivity index (χ1) is 9.65. The van der Waals surface area contributed by atoms with Crippen molar-refractivity contribution in [1.82, 2.24) is 4.90 Å². The average molecular weight is 292 g/mol. The van der Waals surface area contributed by atoms with Crippen LogP contribution in [0, 0.1) is 0 Å². The molecular formula is C16H24N2OS. The first-order valence-electron chi connectivity index (χ1n) is 7.22. The summed E-state index contributed by atoms with van der Waals surface area (Å²) in [6.45, 7) is 8.01. The van der Waals surface area contributed by atoms with E-state index in [1.807, 2.05) is 0 Å². The van der Waals surface area contributed by atoms with Gasteiger partial charge in [0.05, 0.1) is 6.04 Å². The normalized spacial score (nSPS) is 13.3. The minimum atomic E-state index is 0.136. The maximum absolute atomic E-state index is 6.02. The monoisotopic (exact) mass is 292 g/mol. The van der Waals surface area contributed by atoms with Crippen LogP contribution in [0.25, 0.3) is 0 Å². The minimum Gasteiger partial charge on any atom is -0.464 e. The Hall–Kier alpha value is -1.10. The van der Waals surface area contributed by atoms with Crippen molar-refractivity contribution in [3.8, 4) is 0 Å². The first kappa shape index (κ1) is 15.3. The Labute approximate surface area is 125 Å². The summed E-state index contributed by atoms with van der Waals surface area (Å²) in [5.74, 6) is 2.01. The molecule has 0 saturated heterocycles. The minimum absolute atomic E-state index is 0.136. The Kier molecular flexibility index (Phi) is 5.40. The highest BCUT2D eigenvalue weighted by atomic mass is 32.1. The molecule has 0 saturated carbocycles. The third kappa shape index (κ3) is 3.51. The van der Waals surface area contributed by atoms with E-state index in [0.29, 0.717) is 12.6 Å². The highest BCUT2D eigenvalue weighted by molar-refractivity contribution is 7.09. The van der Waals surface area contributed by atoms with Crippen molar-refractivity contribution in [3.63, 3.8) is 0 Å². The van der Waals surface area contributed by atoms with E-state index in [4.69, 9.17) is 10.2 Å². The Morgan fingerprint density at radius 1 is 1.30 bits per heavy atom. The quantitative estimate of drug-likeness (QED) is 0.843. The standard InChI is InChI=1S/C16H24N2OS/c1-4-13-7-8-16(19-13)15(10-17)18(12(2)3)11-14-6-5-9-20-14/h5-9,12,15H,4,10-11,17H2,1-3H3. The number of hydrogen-bond donors (Lipinski definition) is 1. The molecule has 0 aliphatic rings. The Bertz CT molecular complexity index is 504. The van der Waals surface area contributed by atoms with Gasteiger partial charge in [-0.15, -0.1) is 11.3 Å². The van der Waals surface area contributed by atoms with Crippen LogP contribution in [0.5, 0.6) is 0 Å². The summed E-state index contributed by atoms with van der Waals surface area (Å²) in [6.07, 6.45) is 0.921. The molecule has 1 unspecified atom stereocenters. The summed E-state index contributed by atoms with van der Waals surface area (Å²) >= 11 is 1.79. The molecule has 2 N–H and O–H groups in total. The van der Waals surface area contributed by atoms with E-state index in [-0.39, 0.29) is 6.04 Å². The molecule has 2 rings (SSSR count). The second-order valence-electron chi connectivity index (χ2n) is 5.25. The zero-order valence-corrected chi connectivity index (χ0v) is 13.3. The number of aryl methyl sites for hydroxylation is 1. The van der Waals surface area contributed by atoms with Gasteiger partial charge in [0.1, 0.15) is 11.5 Å². The number of rotatable bonds is 7. The molecular weight excluding hydrogens is 268 g/mol. The van der Waals surface area contributed by atoms with E-state index in [0.717, 1.165) is 24.5 Å². The molecule has 0 bridgehead atoms. The summed E-state index contributed by atoms with van der Waals surface area (Å²) in [4.78, 5) is 3.77. The van der Waals surface area contributed by atoms with Crippen molar-refractivity contribution in [2.45, 2.75) is 45.8 Å². The molecule has 110 valence electrons. The summed E-state index contributed by atoms with van der Waals surface area (Å²) < 4.78 is 5.92. The average Bonchev–Trinajstić information content (AvgIpc) is 3.09. The van der Waals surface area contributed by atoms with Crippen molar-refractivity contribution in [2.24, 2.45) is 5.73 Å². The number of nitrogens with two attached hydrogens (primary N) is 1. The van der Waals surface area contributed by atoms with Crippen LogP contribution in [0.15, 0.2) is 34.1 Å². The Morgan fingerprint density at radius 3 is 2.60 bits per heavy atom. The second kappa shape index (κ2) is 7.07. The highest BCUT2D eigenvalue weighted by Gasteiger charge is 2.24. The first-order valence-corrected chi connectivity index (χ1v) is 8.10. The molecule has 20 heavy (non-hydrogen) atoms. The summed E-state index contributed by atoms with van der Waals surface area (Å²) in [6, 6.07) is 8.95. The molecule has 0 amide bonds. The molecule has 0 aromatic carbocycles. The number of nitrogens with zero attached hydrogens (tertiary/aromatic N) is 1. The maximum Gasteiger partial charge on any atom is 0.122 e. The van der Waals surface area contributed by atoms with Gasteiger partial charge in [0.2, 0.25) is 0 Å². The van der Waals surface area contributed by atoms with Crippen LogP contribution in [0.1, 0.15) is 43.2 Å². The Balaban J connectivity index is 2.20. The third-order valence-corrected chi connectivity index (χ3v) is 4.43. The summed E-state index contributed by atoms with van der Waals surface area (Å²) in [7, 11) is 0. The molecule has 2 aromatic rings. The van der Waals surface area contributed by atoms with E-state index in [9.17, 15) is 0 Å². The predicted octanol–water partition coefficient (Wildman–Crippen LogP) is 3.81. The van der Waals surface area contributed by atoms with Crippen LogP contribution in [0.2, 0.25) is 0 Å². The molecule has 4 heteroatoms. The zero-order valence-electron chi connectivity index (χ0n) is 12.5. The van der Waals surface area contributed by atoms with E-state index >= 15 is 0 Å². The molecule has 3 nitrogen and oxygen atoms in total. The lowest BCUT2D eigenvalue weighted by Crippen LogP contribution is -2.37. The molecule has 2 heterocycles. The number of hydrogen-bond acceptors (Lipinski definition) is 4. The second-order valence-corrected chi connectivity index (χ2v) is 6.29. The molecule has 1 atom stereocenters. The fourth-order valence-electron chi connectivity index (χ4n) is 2.41. The van der Waals surface area contributed by atoms with Crippen LogP contribution < -0.4 is 5.73 Å². The van der Waals surface area contributed by atoms with Crippen molar-refractivity contribution in [1.29, 1.82) is 0 Å². The molecule has 0 aliphatic carbocycles.